The van der Waals surface area contributed by atoms with Crippen molar-refractivity contribution in [3.05, 3.63) is 29.8 Å². The van der Waals surface area contributed by atoms with Crippen LogP contribution in [0.5, 0.6) is 0 Å². The fraction of sp³-hybridized carbons (Fsp3) is 0.222. The van der Waals surface area contributed by atoms with Gasteiger partial charge in [-0.05, 0) is 17.5 Å². The van der Waals surface area contributed by atoms with Crippen LogP contribution in [0.15, 0.2) is 29.8 Å². The van der Waals surface area contributed by atoms with Crippen LogP contribution in [0.25, 0.3) is 10.6 Å². The van der Waals surface area contributed by atoms with Crippen LogP contribution >= 0.6 is 11.3 Å². The van der Waals surface area contributed by atoms with Gasteiger partial charge in [-0.25, -0.2) is 0 Å². The minimum absolute atomic E-state index is 0.625. The van der Waals surface area contributed by atoms with Crippen molar-refractivity contribution >= 4 is 11.3 Å². The number of rotatable bonds is 3. The Morgan fingerprint density at radius 3 is 3.08 bits per heavy atom. The zero-order chi connectivity index (χ0) is 9.10. The standard InChI is InChI=1S/C9H11N3S/c10-4-6-12-8(3-5-11-12)9-2-1-7-13-9/h1-3,5,7H,4,6,10H2. The molecule has 2 rings (SSSR count). The van der Waals surface area contributed by atoms with Crippen molar-refractivity contribution in [2.45, 2.75) is 6.54 Å². The zero-order valence-corrected chi connectivity index (χ0v) is 8.00. The molecule has 2 aromatic rings. The summed E-state index contributed by atoms with van der Waals surface area (Å²) in [6.07, 6.45) is 1.81. The summed E-state index contributed by atoms with van der Waals surface area (Å²) in [4.78, 5) is 1.24. The van der Waals surface area contributed by atoms with Gasteiger partial charge in [0.2, 0.25) is 0 Å². The van der Waals surface area contributed by atoms with E-state index in [4.69, 9.17) is 5.73 Å². The van der Waals surface area contributed by atoms with Crippen molar-refractivity contribution in [2.75, 3.05) is 6.54 Å². The van der Waals surface area contributed by atoms with Gasteiger partial charge < -0.3 is 5.73 Å². The minimum Gasteiger partial charge on any atom is -0.329 e. The summed E-state index contributed by atoms with van der Waals surface area (Å²) in [5.41, 5.74) is 6.64. The largest absolute Gasteiger partial charge is 0.329 e. The molecule has 2 aromatic heterocycles. The first-order chi connectivity index (χ1) is 6.42. The fourth-order valence-corrected chi connectivity index (χ4v) is 2.02. The summed E-state index contributed by atoms with van der Waals surface area (Å²) < 4.78 is 1.94. The average molecular weight is 193 g/mol. The average Bonchev–Trinajstić information content (AvgIpc) is 2.71. The Hall–Kier alpha value is -1.13. The topological polar surface area (TPSA) is 43.8 Å². The highest BCUT2D eigenvalue weighted by molar-refractivity contribution is 7.13. The molecule has 2 heterocycles. The van der Waals surface area contributed by atoms with Gasteiger partial charge >= 0.3 is 0 Å². The number of nitrogens with zero attached hydrogens (tertiary/aromatic N) is 2. The van der Waals surface area contributed by atoms with Crippen molar-refractivity contribution in [3.63, 3.8) is 0 Å². The molecule has 0 aromatic carbocycles. The maximum Gasteiger partial charge on any atom is 0.0782 e. The molecule has 13 heavy (non-hydrogen) atoms. The molecular weight excluding hydrogens is 182 g/mol. The fourth-order valence-electron chi connectivity index (χ4n) is 1.27. The van der Waals surface area contributed by atoms with E-state index in [-0.39, 0.29) is 0 Å². The second kappa shape index (κ2) is 3.72. The minimum atomic E-state index is 0.625. The van der Waals surface area contributed by atoms with Crippen molar-refractivity contribution in [1.29, 1.82) is 0 Å². The summed E-state index contributed by atoms with van der Waals surface area (Å²) in [5.74, 6) is 0. The molecule has 68 valence electrons. The van der Waals surface area contributed by atoms with E-state index in [0.29, 0.717) is 6.54 Å². The number of hydrogen-bond acceptors (Lipinski definition) is 3. The Bertz CT molecular complexity index is 364. The third-order valence-electron chi connectivity index (χ3n) is 1.83. The van der Waals surface area contributed by atoms with Crippen molar-refractivity contribution in [3.8, 4) is 10.6 Å². The first-order valence-corrected chi connectivity index (χ1v) is 5.05. The molecule has 0 bridgehead atoms. The van der Waals surface area contributed by atoms with E-state index in [1.54, 1.807) is 11.3 Å². The Morgan fingerprint density at radius 1 is 1.46 bits per heavy atom. The van der Waals surface area contributed by atoms with Crippen molar-refractivity contribution in [2.24, 2.45) is 5.73 Å². The normalized spacial score (nSPS) is 10.5. The van der Waals surface area contributed by atoms with Crippen LogP contribution in [-0.4, -0.2) is 16.3 Å². The molecule has 2 N–H and O–H groups in total. The second-order valence-corrected chi connectivity index (χ2v) is 3.65. The smallest absolute Gasteiger partial charge is 0.0782 e. The lowest BCUT2D eigenvalue weighted by Crippen LogP contribution is -2.11. The van der Waals surface area contributed by atoms with Gasteiger partial charge in [0.1, 0.15) is 0 Å². The van der Waals surface area contributed by atoms with Crippen LogP contribution in [0.2, 0.25) is 0 Å². The van der Waals surface area contributed by atoms with Gasteiger partial charge in [-0.15, -0.1) is 11.3 Å². The van der Waals surface area contributed by atoms with E-state index in [9.17, 15) is 0 Å². The first kappa shape index (κ1) is 8.47. The number of thiophene rings is 1. The quantitative estimate of drug-likeness (QED) is 0.804. The summed E-state index contributed by atoms with van der Waals surface area (Å²) in [6.45, 7) is 1.40. The van der Waals surface area contributed by atoms with E-state index in [0.717, 1.165) is 12.2 Å². The molecule has 0 spiro atoms. The summed E-state index contributed by atoms with van der Waals surface area (Å²) >= 11 is 1.72. The van der Waals surface area contributed by atoms with E-state index < -0.39 is 0 Å². The van der Waals surface area contributed by atoms with Gasteiger partial charge in [0.15, 0.2) is 0 Å². The van der Waals surface area contributed by atoms with E-state index in [2.05, 4.69) is 16.5 Å². The molecule has 0 fully saturated rings. The SMILES string of the molecule is NCCn1nccc1-c1cccs1. The molecule has 0 saturated carbocycles. The van der Waals surface area contributed by atoms with Gasteiger partial charge in [0.25, 0.3) is 0 Å². The Balaban J connectivity index is 2.35. The predicted octanol–water partition coefficient (Wildman–Crippen LogP) is 1.57. The van der Waals surface area contributed by atoms with Gasteiger partial charge in [-0.1, -0.05) is 6.07 Å². The highest BCUT2D eigenvalue weighted by atomic mass is 32.1. The van der Waals surface area contributed by atoms with Crippen LogP contribution in [0, 0.1) is 0 Å². The highest BCUT2D eigenvalue weighted by Crippen LogP contribution is 2.23. The molecule has 0 aliphatic rings. The highest BCUT2D eigenvalue weighted by Gasteiger charge is 2.04. The molecule has 0 unspecified atom stereocenters. The molecule has 0 aliphatic carbocycles. The summed E-state index contributed by atoms with van der Waals surface area (Å²) in [6, 6.07) is 6.15. The van der Waals surface area contributed by atoms with E-state index in [1.807, 2.05) is 23.0 Å². The van der Waals surface area contributed by atoms with E-state index in [1.165, 1.54) is 4.88 Å². The molecule has 0 atom stereocenters. The van der Waals surface area contributed by atoms with Gasteiger partial charge in [0.05, 0.1) is 17.1 Å². The van der Waals surface area contributed by atoms with Crippen molar-refractivity contribution in [1.82, 2.24) is 9.78 Å². The summed E-state index contributed by atoms with van der Waals surface area (Å²) in [7, 11) is 0. The molecular formula is C9H11N3S. The van der Waals surface area contributed by atoms with Crippen LogP contribution in [0.4, 0.5) is 0 Å². The Kier molecular flexibility index (Phi) is 2.42. The lowest BCUT2D eigenvalue weighted by Gasteiger charge is -2.02. The zero-order valence-electron chi connectivity index (χ0n) is 7.18. The number of hydrogen-bond donors (Lipinski definition) is 1. The molecule has 0 radical (unpaired) electrons. The number of nitrogens with two attached hydrogens (primary N) is 1. The van der Waals surface area contributed by atoms with Crippen LogP contribution < -0.4 is 5.73 Å². The molecule has 0 aliphatic heterocycles. The van der Waals surface area contributed by atoms with Gasteiger partial charge in [-0.3, -0.25) is 4.68 Å². The third kappa shape index (κ3) is 1.64. The van der Waals surface area contributed by atoms with Crippen LogP contribution in [-0.2, 0) is 6.54 Å². The van der Waals surface area contributed by atoms with Gasteiger partial charge in [-0.2, -0.15) is 5.10 Å². The summed E-state index contributed by atoms with van der Waals surface area (Å²) in [5, 5.41) is 6.27. The monoisotopic (exact) mass is 193 g/mol. The molecule has 0 amide bonds. The first-order valence-electron chi connectivity index (χ1n) is 4.17. The molecule has 3 nitrogen and oxygen atoms in total. The Labute approximate surface area is 80.8 Å². The maximum absolute atomic E-state index is 5.48. The van der Waals surface area contributed by atoms with Crippen LogP contribution in [0.1, 0.15) is 0 Å². The van der Waals surface area contributed by atoms with E-state index >= 15 is 0 Å². The van der Waals surface area contributed by atoms with Gasteiger partial charge in [0, 0.05) is 12.7 Å². The lowest BCUT2D eigenvalue weighted by molar-refractivity contribution is 0.632. The second-order valence-electron chi connectivity index (χ2n) is 2.71. The molecule has 0 saturated heterocycles. The van der Waals surface area contributed by atoms with Crippen molar-refractivity contribution < 1.29 is 0 Å². The number of aromatic nitrogens is 2. The lowest BCUT2D eigenvalue weighted by atomic mass is 10.3. The molecule has 4 heteroatoms. The predicted molar refractivity (Wildman–Crippen MR) is 54.6 cm³/mol. The van der Waals surface area contributed by atoms with Crippen LogP contribution in [0.3, 0.4) is 0 Å². The Morgan fingerprint density at radius 2 is 2.38 bits per heavy atom. The third-order valence-corrected chi connectivity index (χ3v) is 2.72. The maximum atomic E-state index is 5.48.